The number of nitrogens with zero attached hydrogens (tertiary/aromatic N) is 3. The van der Waals surface area contributed by atoms with E-state index in [0.29, 0.717) is 29.4 Å². The van der Waals surface area contributed by atoms with E-state index < -0.39 is 0 Å². The predicted molar refractivity (Wildman–Crippen MR) is 115 cm³/mol. The number of rotatable bonds is 8. The molecular formula is C24H20N4O3. The van der Waals surface area contributed by atoms with Crippen molar-refractivity contribution in [2.45, 2.75) is 19.3 Å². The second kappa shape index (κ2) is 9.58. The van der Waals surface area contributed by atoms with Gasteiger partial charge in [0, 0.05) is 42.0 Å². The summed E-state index contributed by atoms with van der Waals surface area (Å²) in [5.41, 5.74) is 2.87. The first-order chi connectivity index (χ1) is 15.2. The molecule has 0 radical (unpaired) electrons. The summed E-state index contributed by atoms with van der Waals surface area (Å²) in [6.07, 6.45) is 3.97. The van der Waals surface area contributed by atoms with Crippen LogP contribution in [0, 0.1) is 0 Å². The molecule has 0 fully saturated rings. The van der Waals surface area contributed by atoms with Gasteiger partial charge in [-0.2, -0.15) is 4.98 Å². The molecule has 2 heterocycles. The topological polar surface area (TPSA) is 98.0 Å². The molecule has 2 aromatic carbocycles. The summed E-state index contributed by atoms with van der Waals surface area (Å²) >= 11 is 0. The van der Waals surface area contributed by atoms with E-state index >= 15 is 0 Å². The molecule has 4 aromatic rings. The van der Waals surface area contributed by atoms with Crippen LogP contribution in [0.3, 0.4) is 0 Å². The minimum absolute atomic E-state index is 0.0576. The fraction of sp³-hybridized carbons (Fsp3) is 0.125. The second-order valence-corrected chi connectivity index (χ2v) is 6.92. The van der Waals surface area contributed by atoms with Crippen LogP contribution in [0.4, 0.5) is 5.69 Å². The SMILES string of the molecule is O=C(CCC(=O)c1ccccc1)Nc1ccccc1Cc1nc(-c2cccnc2)no1. The number of para-hydroxylation sites is 1. The van der Waals surface area contributed by atoms with Gasteiger partial charge in [-0.1, -0.05) is 53.7 Å². The highest BCUT2D eigenvalue weighted by Crippen LogP contribution is 2.21. The summed E-state index contributed by atoms with van der Waals surface area (Å²) < 4.78 is 5.36. The van der Waals surface area contributed by atoms with Crippen LogP contribution in [0.25, 0.3) is 11.4 Å². The van der Waals surface area contributed by atoms with Gasteiger partial charge in [-0.25, -0.2) is 0 Å². The number of hydrogen-bond acceptors (Lipinski definition) is 6. The third-order valence-corrected chi connectivity index (χ3v) is 4.70. The van der Waals surface area contributed by atoms with Crippen LogP contribution < -0.4 is 5.32 Å². The molecule has 0 aliphatic carbocycles. The first-order valence-electron chi connectivity index (χ1n) is 9.88. The molecule has 2 aromatic heterocycles. The fourth-order valence-corrected chi connectivity index (χ4v) is 3.11. The van der Waals surface area contributed by atoms with Crippen molar-refractivity contribution in [3.8, 4) is 11.4 Å². The predicted octanol–water partition coefficient (Wildman–Crippen LogP) is 4.32. The zero-order valence-electron chi connectivity index (χ0n) is 16.7. The normalized spacial score (nSPS) is 10.6. The van der Waals surface area contributed by atoms with Crippen LogP contribution in [0.15, 0.2) is 83.6 Å². The molecule has 0 saturated carbocycles. The quantitative estimate of drug-likeness (QED) is 0.433. The van der Waals surface area contributed by atoms with Gasteiger partial charge in [0.2, 0.25) is 17.6 Å². The molecule has 0 aliphatic rings. The van der Waals surface area contributed by atoms with Crippen molar-refractivity contribution in [1.29, 1.82) is 0 Å². The van der Waals surface area contributed by atoms with Crippen LogP contribution in [0.1, 0.15) is 34.7 Å². The van der Waals surface area contributed by atoms with Crippen LogP contribution in [-0.4, -0.2) is 26.8 Å². The van der Waals surface area contributed by atoms with E-state index in [4.69, 9.17) is 4.52 Å². The fourth-order valence-electron chi connectivity index (χ4n) is 3.11. The zero-order chi connectivity index (χ0) is 21.5. The third-order valence-electron chi connectivity index (χ3n) is 4.70. The molecule has 0 bridgehead atoms. The highest BCUT2D eigenvalue weighted by molar-refractivity contribution is 6.00. The first kappa shape index (κ1) is 20.2. The number of anilines is 1. The lowest BCUT2D eigenvalue weighted by atomic mass is 10.1. The van der Waals surface area contributed by atoms with Crippen LogP contribution >= 0.6 is 0 Å². The lowest BCUT2D eigenvalue weighted by Gasteiger charge is -2.09. The highest BCUT2D eigenvalue weighted by atomic mass is 16.5. The number of aromatic nitrogens is 3. The number of nitrogens with one attached hydrogen (secondary N) is 1. The smallest absolute Gasteiger partial charge is 0.231 e. The summed E-state index contributed by atoms with van der Waals surface area (Å²) in [7, 11) is 0. The van der Waals surface area contributed by atoms with Crippen molar-refractivity contribution < 1.29 is 14.1 Å². The van der Waals surface area contributed by atoms with Crippen molar-refractivity contribution >= 4 is 17.4 Å². The van der Waals surface area contributed by atoms with Gasteiger partial charge in [-0.3, -0.25) is 14.6 Å². The molecule has 0 atom stereocenters. The lowest BCUT2D eigenvalue weighted by molar-refractivity contribution is -0.116. The van der Waals surface area contributed by atoms with Gasteiger partial charge in [-0.05, 0) is 23.8 Å². The number of carbonyl (C=O) groups excluding carboxylic acids is 2. The Morgan fingerprint density at radius 2 is 1.71 bits per heavy atom. The molecule has 0 aliphatic heterocycles. The van der Waals surface area contributed by atoms with Crippen LogP contribution in [-0.2, 0) is 11.2 Å². The van der Waals surface area contributed by atoms with Crippen molar-refractivity contribution in [1.82, 2.24) is 15.1 Å². The molecular weight excluding hydrogens is 392 g/mol. The number of ketones is 1. The monoisotopic (exact) mass is 412 g/mol. The van der Waals surface area contributed by atoms with E-state index in [1.54, 1.807) is 42.7 Å². The summed E-state index contributed by atoms with van der Waals surface area (Å²) in [6.45, 7) is 0. The van der Waals surface area contributed by atoms with Crippen molar-refractivity contribution in [2.75, 3.05) is 5.32 Å². The van der Waals surface area contributed by atoms with Crippen molar-refractivity contribution in [3.05, 3.63) is 96.1 Å². The van der Waals surface area contributed by atoms with Gasteiger partial charge in [0.1, 0.15) is 0 Å². The molecule has 1 amide bonds. The largest absolute Gasteiger partial charge is 0.339 e. The third kappa shape index (κ3) is 5.27. The van der Waals surface area contributed by atoms with Crippen LogP contribution in [0.5, 0.6) is 0 Å². The average molecular weight is 412 g/mol. The molecule has 0 unspecified atom stereocenters. The number of Topliss-reactive ketones (excluding diaryl/α,β-unsaturated/α-hetero) is 1. The lowest BCUT2D eigenvalue weighted by Crippen LogP contribution is -2.14. The van der Waals surface area contributed by atoms with Gasteiger partial charge in [-0.15, -0.1) is 0 Å². The summed E-state index contributed by atoms with van der Waals surface area (Å²) in [5, 5.41) is 6.88. The Kier molecular flexibility index (Phi) is 6.23. The zero-order valence-corrected chi connectivity index (χ0v) is 16.7. The molecule has 0 saturated heterocycles. The Morgan fingerprint density at radius 1 is 0.903 bits per heavy atom. The van der Waals surface area contributed by atoms with Gasteiger partial charge in [0.05, 0.1) is 6.42 Å². The van der Waals surface area contributed by atoms with E-state index in [-0.39, 0.29) is 24.5 Å². The maximum Gasteiger partial charge on any atom is 0.231 e. The molecule has 7 nitrogen and oxygen atoms in total. The minimum atomic E-state index is -0.224. The van der Waals surface area contributed by atoms with Gasteiger partial charge >= 0.3 is 0 Å². The summed E-state index contributed by atoms with van der Waals surface area (Å²) in [4.78, 5) is 33.1. The van der Waals surface area contributed by atoms with Gasteiger partial charge < -0.3 is 9.84 Å². The van der Waals surface area contributed by atoms with Crippen molar-refractivity contribution in [2.24, 2.45) is 0 Å². The average Bonchev–Trinajstić information content (AvgIpc) is 3.28. The number of amides is 1. The molecule has 0 spiro atoms. The molecule has 154 valence electrons. The van der Waals surface area contributed by atoms with Gasteiger partial charge in [0.15, 0.2) is 5.78 Å². The Balaban J connectivity index is 1.39. The van der Waals surface area contributed by atoms with Crippen LogP contribution in [0.2, 0.25) is 0 Å². The van der Waals surface area contributed by atoms with E-state index in [1.165, 1.54) is 0 Å². The Bertz CT molecular complexity index is 1170. The maximum atomic E-state index is 12.4. The summed E-state index contributed by atoms with van der Waals surface area (Å²) in [6, 6.07) is 20.0. The Labute approximate surface area is 179 Å². The van der Waals surface area contributed by atoms with E-state index in [1.807, 2.05) is 36.4 Å². The minimum Gasteiger partial charge on any atom is -0.339 e. The van der Waals surface area contributed by atoms with E-state index in [9.17, 15) is 9.59 Å². The number of benzene rings is 2. The molecule has 7 heteroatoms. The standard InChI is InChI=1S/C24H20N4O3/c29-21(17-7-2-1-3-8-17)12-13-22(30)26-20-11-5-4-9-18(20)15-23-27-24(28-31-23)19-10-6-14-25-16-19/h1-11,14,16H,12-13,15H2,(H,26,30). The Morgan fingerprint density at radius 3 is 2.52 bits per heavy atom. The Hall–Kier alpha value is -4.13. The number of carbonyl (C=O) groups is 2. The molecule has 31 heavy (non-hydrogen) atoms. The molecule has 1 N–H and O–H groups in total. The number of hydrogen-bond donors (Lipinski definition) is 1. The number of pyridine rings is 1. The second-order valence-electron chi connectivity index (χ2n) is 6.92. The highest BCUT2D eigenvalue weighted by Gasteiger charge is 2.14. The van der Waals surface area contributed by atoms with E-state index in [0.717, 1.165) is 11.1 Å². The van der Waals surface area contributed by atoms with Crippen molar-refractivity contribution in [3.63, 3.8) is 0 Å². The first-order valence-corrected chi connectivity index (χ1v) is 9.88. The molecule has 4 rings (SSSR count). The maximum absolute atomic E-state index is 12.4. The van der Waals surface area contributed by atoms with E-state index in [2.05, 4.69) is 20.4 Å². The van der Waals surface area contributed by atoms with Gasteiger partial charge in [0.25, 0.3) is 0 Å². The summed E-state index contributed by atoms with van der Waals surface area (Å²) in [5.74, 6) is 0.611.